The molecule has 1 unspecified atom stereocenters. The molecule has 0 bridgehead atoms. The molecule has 0 saturated carbocycles. The number of nitrogens with one attached hydrogen (secondary N) is 1. The van der Waals surface area contributed by atoms with E-state index in [9.17, 15) is 0 Å². The van der Waals surface area contributed by atoms with Gasteiger partial charge in [-0.3, -0.25) is 4.98 Å². The van der Waals surface area contributed by atoms with Gasteiger partial charge in [0.2, 0.25) is 0 Å². The smallest absolute Gasteiger partial charge is 0.129 e. The van der Waals surface area contributed by atoms with Gasteiger partial charge >= 0.3 is 0 Å². The fraction of sp³-hybridized carbons (Fsp3) is 0.357. The van der Waals surface area contributed by atoms with Crippen LogP contribution in [0, 0.1) is 6.92 Å². The zero-order valence-electron chi connectivity index (χ0n) is 10.6. The van der Waals surface area contributed by atoms with Crippen molar-refractivity contribution < 1.29 is 0 Å². The molecule has 0 spiro atoms. The number of nitrogens with zero attached hydrogens (tertiary/aromatic N) is 3. The first-order valence-electron chi connectivity index (χ1n) is 6.25. The number of aryl methyl sites for hydroxylation is 2. The fourth-order valence-corrected chi connectivity index (χ4v) is 2.60. The zero-order chi connectivity index (χ0) is 12.5. The summed E-state index contributed by atoms with van der Waals surface area (Å²) < 4.78 is 0. The molecule has 4 heteroatoms. The quantitative estimate of drug-likeness (QED) is 0.875. The lowest BCUT2D eigenvalue weighted by Gasteiger charge is -2.12. The van der Waals surface area contributed by atoms with Crippen LogP contribution in [0.1, 0.15) is 35.1 Å². The summed E-state index contributed by atoms with van der Waals surface area (Å²) in [6.45, 7) is 1.93. The summed E-state index contributed by atoms with van der Waals surface area (Å²) in [7, 11) is 1.88. The molecular formula is C14H16N4. The molecule has 0 aliphatic heterocycles. The largest absolute Gasteiger partial charge is 0.373 e. The van der Waals surface area contributed by atoms with Crippen molar-refractivity contribution >= 4 is 5.82 Å². The Balaban J connectivity index is 2.04. The van der Waals surface area contributed by atoms with E-state index in [0.717, 1.165) is 30.2 Å². The van der Waals surface area contributed by atoms with Gasteiger partial charge in [-0.15, -0.1) is 0 Å². The van der Waals surface area contributed by atoms with Crippen LogP contribution in [-0.4, -0.2) is 22.0 Å². The molecule has 2 aromatic heterocycles. The van der Waals surface area contributed by atoms with E-state index in [1.54, 1.807) is 0 Å². The maximum Gasteiger partial charge on any atom is 0.129 e. The molecule has 0 fully saturated rings. The predicted molar refractivity (Wildman–Crippen MR) is 70.7 cm³/mol. The predicted octanol–water partition coefficient (Wildman–Crippen LogP) is 2.30. The van der Waals surface area contributed by atoms with Crippen molar-refractivity contribution in [3.63, 3.8) is 0 Å². The molecule has 0 radical (unpaired) electrons. The zero-order valence-corrected chi connectivity index (χ0v) is 10.6. The molecule has 0 amide bonds. The first kappa shape index (κ1) is 11.1. The Morgan fingerprint density at radius 2 is 2.22 bits per heavy atom. The SMILES string of the molecule is CNc1cc(C2CCc3cccnc32)nc(C)n1. The Hall–Kier alpha value is -1.97. The van der Waals surface area contributed by atoms with E-state index in [0.29, 0.717) is 5.92 Å². The van der Waals surface area contributed by atoms with E-state index < -0.39 is 0 Å². The Kier molecular flexibility index (Phi) is 2.70. The van der Waals surface area contributed by atoms with Gasteiger partial charge in [-0.1, -0.05) is 6.07 Å². The number of anilines is 1. The third kappa shape index (κ3) is 1.83. The Morgan fingerprint density at radius 1 is 1.33 bits per heavy atom. The van der Waals surface area contributed by atoms with Crippen LogP contribution >= 0.6 is 0 Å². The highest BCUT2D eigenvalue weighted by atomic mass is 15.0. The van der Waals surface area contributed by atoms with Crippen molar-refractivity contribution in [2.45, 2.75) is 25.7 Å². The van der Waals surface area contributed by atoms with Crippen LogP contribution in [-0.2, 0) is 6.42 Å². The van der Waals surface area contributed by atoms with Crippen LogP contribution in [0.4, 0.5) is 5.82 Å². The second-order valence-electron chi connectivity index (χ2n) is 4.61. The molecule has 0 aromatic carbocycles. The maximum absolute atomic E-state index is 4.57. The topological polar surface area (TPSA) is 50.7 Å². The third-order valence-corrected chi connectivity index (χ3v) is 3.43. The van der Waals surface area contributed by atoms with Crippen LogP contribution in [0.3, 0.4) is 0 Å². The highest BCUT2D eigenvalue weighted by Crippen LogP contribution is 2.36. The maximum atomic E-state index is 4.57. The van der Waals surface area contributed by atoms with Gasteiger partial charge in [-0.2, -0.15) is 0 Å². The lowest BCUT2D eigenvalue weighted by atomic mass is 10.0. The van der Waals surface area contributed by atoms with E-state index in [1.165, 1.54) is 11.3 Å². The van der Waals surface area contributed by atoms with Gasteiger partial charge in [0.05, 0.1) is 11.4 Å². The highest BCUT2D eigenvalue weighted by molar-refractivity contribution is 5.41. The molecule has 1 aliphatic rings. The average molecular weight is 240 g/mol. The standard InChI is InChI=1S/C14H16N4/c1-9-17-12(8-13(15-2)18-9)11-6-5-10-4-3-7-16-14(10)11/h3-4,7-8,11H,5-6H2,1-2H3,(H,15,17,18). The van der Waals surface area contributed by atoms with Gasteiger partial charge in [0.15, 0.2) is 0 Å². The number of pyridine rings is 1. The summed E-state index contributed by atoms with van der Waals surface area (Å²) in [5, 5.41) is 3.08. The summed E-state index contributed by atoms with van der Waals surface area (Å²) in [5.74, 6) is 2.00. The minimum Gasteiger partial charge on any atom is -0.373 e. The van der Waals surface area contributed by atoms with Crippen molar-refractivity contribution in [3.05, 3.63) is 47.2 Å². The van der Waals surface area contributed by atoms with Gasteiger partial charge in [0.1, 0.15) is 11.6 Å². The van der Waals surface area contributed by atoms with Crippen molar-refractivity contribution in [1.29, 1.82) is 0 Å². The molecular weight excluding hydrogens is 224 g/mol. The van der Waals surface area contributed by atoms with Crippen molar-refractivity contribution in [2.75, 3.05) is 12.4 Å². The molecule has 1 aliphatic carbocycles. The van der Waals surface area contributed by atoms with E-state index in [2.05, 4.69) is 26.3 Å². The van der Waals surface area contributed by atoms with Crippen molar-refractivity contribution in [2.24, 2.45) is 0 Å². The van der Waals surface area contributed by atoms with Crippen LogP contribution in [0.15, 0.2) is 24.4 Å². The van der Waals surface area contributed by atoms with Crippen LogP contribution in [0.5, 0.6) is 0 Å². The molecule has 2 aromatic rings. The minimum absolute atomic E-state index is 0.315. The summed E-state index contributed by atoms with van der Waals surface area (Å²) >= 11 is 0. The average Bonchev–Trinajstić information content (AvgIpc) is 2.81. The third-order valence-electron chi connectivity index (χ3n) is 3.43. The molecule has 3 rings (SSSR count). The Morgan fingerprint density at radius 3 is 3.06 bits per heavy atom. The van der Waals surface area contributed by atoms with E-state index in [-0.39, 0.29) is 0 Å². The summed E-state index contributed by atoms with van der Waals surface area (Å²) in [6, 6.07) is 6.20. The van der Waals surface area contributed by atoms with Gasteiger partial charge in [0.25, 0.3) is 0 Å². The van der Waals surface area contributed by atoms with Gasteiger partial charge < -0.3 is 5.32 Å². The van der Waals surface area contributed by atoms with E-state index in [1.807, 2.05) is 32.3 Å². The monoisotopic (exact) mass is 240 g/mol. The summed E-state index contributed by atoms with van der Waals surface area (Å²) in [6.07, 6.45) is 4.04. The second-order valence-corrected chi connectivity index (χ2v) is 4.61. The Labute approximate surface area is 107 Å². The molecule has 2 heterocycles. The summed E-state index contributed by atoms with van der Waals surface area (Å²) in [4.78, 5) is 13.4. The fourth-order valence-electron chi connectivity index (χ4n) is 2.60. The molecule has 1 atom stereocenters. The lowest BCUT2D eigenvalue weighted by Crippen LogP contribution is -2.06. The van der Waals surface area contributed by atoms with Gasteiger partial charge in [-0.05, 0) is 31.4 Å². The molecule has 18 heavy (non-hydrogen) atoms. The lowest BCUT2D eigenvalue weighted by molar-refractivity contribution is 0.736. The number of hydrogen-bond acceptors (Lipinski definition) is 4. The normalized spacial score (nSPS) is 17.6. The van der Waals surface area contributed by atoms with Crippen molar-refractivity contribution in [1.82, 2.24) is 15.0 Å². The number of fused-ring (bicyclic) bond motifs is 1. The number of rotatable bonds is 2. The molecule has 92 valence electrons. The number of hydrogen-bond donors (Lipinski definition) is 1. The van der Waals surface area contributed by atoms with E-state index >= 15 is 0 Å². The van der Waals surface area contributed by atoms with Crippen LogP contribution in [0.25, 0.3) is 0 Å². The minimum atomic E-state index is 0.315. The molecule has 0 saturated heterocycles. The molecule has 1 N–H and O–H groups in total. The van der Waals surface area contributed by atoms with Gasteiger partial charge in [-0.25, -0.2) is 9.97 Å². The van der Waals surface area contributed by atoms with Crippen LogP contribution < -0.4 is 5.32 Å². The first-order chi connectivity index (χ1) is 8.78. The highest BCUT2D eigenvalue weighted by Gasteiger charge is 2.26. The first-order valence-corrected chi connectivity index (χ1v) is 6.25. The molecule has 4 nitrogen and oxygen atoms in total. The van der Waals surface area contributed by atoms with Crippen molar-refractivity contribution in [3.8, 4) is 0 Å². The van der Waals surface area contributed by atoms with Gasteiger partial charge in [0, 0.05) is 25.2 Å². The van der Waals surface area contributed by atoms with Crippen LogP contribution in [0.2, 0.25) is 0 Å². The second kappa shape index (κ2) is 4.37. The Bertz CT molecular complexity index is 580. The summed E-state index contributed by atoms with van der Waals surface area (Å²) in [5.41, 5.74) is 3.60. The van der Waals surface area contributed by atoms with E-state index in [4.69, 9.17) is 0 Å². The number of aromatic nitrogens is 3.